The maximum Gasteiger partial charge on any atom is 0.338 e. The van der Waals surface area contributed by atoms with Crippen molar-refractivity contribution >= 4 is 35.0 Å². The van der Waals surface area contributed by atoms with Gasteiger partial charge < -0.3 is 10.1 Å². The van der Waals surface area contributed by atoms with E-state index in [0.29, 0.717) is 26.9 Å². The molecule has 1 aromatic heterocycles. The predicted molar refractivity (Wildman–Crippen MR) is 102 cm³/mol. The number of hydrogen-bond acceptors (Lipinski definition) is 5. The minimum Gasteiger partial charge on any atom is -0.463 e. The van der Waals surface area contributed by atoms with Crippen molar-refractivity contribution in [3.8, 4) is 0 Å². The summed E-state index contributed by atoms with van der Waals surface area (Å²) < 4.78 is 19.4. The molecule has 1 atom stereocenters. The van der Waals surface area contributed by atoms with Crippen LogP contribution in [0.4, 0.5) is 4.39 Å². The summed E-state index contributed by atoms with van der Waals surface area (Å²) in [5.41, 5.74) is 1.38. The van der Waals surface area contributed by atoms with Gasteiger partial charge >= 0.3 is 5.97 Å². The van der Waals surface area contributed by atoms with Crippen molar-refractivity contribution in [1.29, 1.82) is 0 Å². The number of carbonyl (C=O) groups excluding carboxylic acids is 1. The number of halogens is 3. The number of ether oxygens (including phenoxy) is 1. The van der Waals surface area contributed by atoms with E-state index in [9.17, 15) is 9.18 Å². The van der Waals surface area contributed by atoms with Crippen LogP contribution in [0.25, 0.3) is 0 Å². The molecule has 0 spiro atoms. The Kier molecular flexibility index (Phi) is 5.77. The molecule has 0 radical (unpaired) electrons. The Balaban J connectivity index is 2.15. The fourth-order valence-electron chi connectivity index (χ4n) is 2.78. The van der Waals surface area contributed by atoms with Crippen molar-refractivity contribution in [2.45, 2.75) is 19.9 Å². The summed E-state index contributed by atoms with van der Waals surface area (Å²) in [7, 11) is 0. The number of esters is 1. The third kappa shape index (κ3) is 3.96. The summed E-state index contributed by atoms with van der Waals surface area (Å²) in [5.74, 6) is -0.852. The first-order valence-corrected chi connectivity index (χ1v) is 8.96. The lowest BCUT2D eigenvalue weighted by Crippen LogP contribution is -2.34. The number of rotatable bonds is 4. The van der Waals surface area contributed by atoms with E-state index in [-0.39, 0.29) is 18.1 Å². The highest BCUT2D eigenvalue weighted by molar-refractivity contribution is 6.35. The van der Waals surface area contributed by atoms with Crippen LogP contribution in [0.2, 0.25) is 10.0 Å². The SMILES string of the molecule is CCOC(=O)C1=C(C)NC(c2ncccc2F)=NC1c1ccc(Cl)cc1Cl. The molecular weight excluding hydrogens is 392 g/mol. The molecule has 0 saturated carbocycles. The first-order valence-electron chi connectivity index (χ1n) is 8.21. The molecule has 1 unspecified atom stereocenters. The summed E-state index contributed by atoms with van der Waals surface area (Å²) in [6, 6.07) is 6.89. The van der Waals surface area contributed by atoms with E-state index in [1.807, 2.05) is 0 Å². The van der Waals surface area contributed by atoms with Gasteiger partial charge in [-0.05, 0) is 38.1 Å². The van der Waals surface area contributed by atoms with Crippen LogP contribution >= 0.6 is 23.2 Å². The van der Waals surface area contributed by atoms with Gasteiger partial charge in [-0.2, -0.15) is 0 Å². The van der Waals surface area contributed by atoms with Crippen LogP contribution in [0.3, 0.4) is 0 Å². The topological polar surface area (TPSA) is 63.6 Å². The number of benzene rings is 1. The second kappa shape index (κ2) is 8.06. The summed E-state index contributed by atoms with van der Waals surface area (Å²) >= 11 is 12.3. The first kappa shape index (κ1) is 19.3. The number of pyridine rings is 1. The van der Waals surface area contributed by atoms with E-state index < -0.39 is 17.8 Å². The zero-order chi connectivity index (χ0) is 19.6. The molecule has 2 aromatic rings. The van der Waals surface area contributed by atoms with Gasteiger partial charge in [-0.15, -0.1) is 0 Å². The minimum atomic E-state index is -0.786. The van der Waals surface area contributed by atoms with Gasteiger partial charge in [0.25, 0.3) is 0 Å². The lowest BCUT2D eigenvalue weighted by atomic mass is 9.95. The fourth-order valence-corrected chi connectivity index (χ4v) is 3.29. The van der Waals surface area contributed by atoms with Gasteiger partial charge in [0.2, 0.25) is 0 Å². The molecule has 1 aliphatic heterocycles. The summed E-state index contributed by atoms with van der Waals surface area (Å²) in [4.78, 5) is 21.1. The monoisotopic (exact) mass is 407 g/mol. The second-order valence-electron chi connectivity index (χ2n) is 5.76. The Morgan fingerprint density at radius 1 is 1.33 bits per heavy atom. The molecule has 0 fully saturated rings. The van der Waals surface area contributed by atoms with Crippen LogP contribution in [-0.2, 0) is 9.53 Å². The van der Waals surface area contributed by atoms with Gasteiger partial charge in [-0.3, -0.25) is 4.99 Å². The van der Waals surface area contributed by atoms with Gasteiger partial charge in [0, 0.05) is 27.5 Å². The molecule has 0 saturated heterocycles. The van der Waals surface area contributed by atoms with Crippen molar-refractivity contribution in [3.05, 3.63) is 74.9 Å². The summed E-state index contributed by atoms with van der Waals surface area (Å²) in [6.07, 6.45) is 1.47. The van der Waals surface area contributed by atoms with Gasteiger partial charge in [0.05, 0.1) is 12.2 Å². The van der Waals surface area contributed by atoms with E-state index in [4.69, 9.17) is 27.9 Å². The zero-order valence-corrected chi connectivity index (χ0v) is 16.1. The van der Waals surface area contributed by atoms with Crippen molar-refractivity contribution in [2.24, 2.45) is 4.99 Å². The Hall–Kier alpha value is -2.44. The number of nitrogens with one attached hydrogen (secondary N) is 1. The standard InChI is InChI=1S/C19H16Cl2FN3O2/c1-3-27-19(26)15-10(2)24-18(17-14(22)5-4-8-23-17)25-16(15)12-7-6-11(20)9-13(12)21/h4-9,16H,3H2,1-2H3,(H,24,25). The maximum atomic E-state index is 14.2. The molecule has 5 nitrogen and oxygen atoms in total. The third-order valence-electron chi connectivity index (χ3n) is 3.98. The zero-order valence-electron chi connectivity index (χ0n) is 14.6. The fraction of sp³-hybridized carbons (Fsp3) is 0.211. The molecule has 1 aromatic carbocycles. The number of allylic oxidation sites excluding steroid dienone is 1. The molecule has 1 N–H and O–H groups in total. The highest BCUT2D eigenvalue weighted by Crippen LogP contribution is 2.37. The van der Waals surface area contributed by atoms with Crippen LogP contribution in [0.15, 0.2) is 52.8 Å². The Morgan fingerprint density at radius 2 is 2.11 bits per heavy atom. The van der Waals surface area contributed by atoms with Crippen LogP contribution in [0.1, 0.15) is 31.1 Å². The molecule has 8 heteroatoms. The normalized spacial score (nSPS) is 16.6. The molecule has 1 aliphatic rings. The predicted octanol–water partition coefficient (Wildman–Crippen LogP) is 4.46. The lowest BCUT2D eigenvalue weighted by molar-refractivity contribution is -0.138. The van der Waals surface area contributed by atoms with Crippen molar-refractivity contribution in [3.63, 3.8) is 0 Å². The second-order valence-corrected chi connectivity index (χ2v) is 6.61. The van der Waals surface area contributed by atoms with Crippen LogP contribution < -0.4 is 5.32 Å². The quantitative estimate of drug-likeness (QED) is 0.760. The van der Waals surface area contributed by atoms with E-state index in [1.54, 1.807) is 32.0 Å². The van der Waals surface area contributed by atoms with Crippen LogP contribution in [0, 0.1) is 5.82 Å². The number of aliphatic imine (C=N–C) groups is 1. The molecule has 0 bridgehead atoms. The van der Waals surface area contributed by atoms with E-state index in [0.717, 1.165) is 0 Å². The summed E-state index contributed by atoms with van der Waals surface area (Å²) in [5, 5.41) is 3.75. The maximum absolute atomic E-state index is 14.2. The molecule has 0 amide bonds. The molecule has 0 aliphatic carbocycles. The van der Waals surface area contributed by atoms with Crippen molar-refractivity contribution in [2.75, 3.05) is 6.61 Å². The molecule has 2 heterocycles. The van der Waals surface area contributed by atoms with Gasteiger partial charge in [0.1, 0.15) is 11.7 Å². The van der Waals surface area contributed by atoms with E-state index in [1.165, 1.54) is 18.3 Å². The van der Waals surface area contributed by atoms with Crippen molar-refractivity contribution in [1.82, 2.24) is 10.3 Å². The van der Waals surface area contributed by atoms with Crippen LogP contribution in [0.5, 0.6) is 0 Å². The number of amidine groups is 1. The Morgan fingerprint density at radius 3 is 2.78 bits per heavy atom. The average Bonchev–Trinajstić information content (AvgIpc) is 2.61. The smallest absolute Gasteiger partial charge is 0.338 e. The molecule has 27 heavy (non-hydrogen) atoms. The molecule has 140 valence electrons. The molecular formula is C19H16Cl2FN3O2. The number of hydrogen-bond donors (Lipinski definition) is 1. The lowest BCUT2D eigenvalue weighted by Gasteiger charge is -2.26. The van der Waals surface area contributed by atoms with Gasteiger partial charge in [-0.25, -0.2) is 14.2 Å². The minimum absolute atomic E-state index is 0.0508. The highest BCUT2D eigenvalue weighted by Gasteiger charge is 2.32. The Labute approximate surface area is 165 Å². The number of nitrogens with zero attached hydrogens (tertiary/aromatic N) is 2. The first-order chi connectivity index (χ1) is 12.9. The number of carbonyl (C=O) groups is 1. The summed E-state index contributed by atoms with van der Waals surface area (Å²) in [6.45, 7) is 3.62. The average molecular weight is 408 g/mol. The van der Waals surface area contributed by atoms with Crippen LogP contribution in [-0.4, -0.2) is 23.4 Å². The number of aromatic nitrogens is 1. The van der Waals surface area contributed by atoms with Gasteiger partial charge in [-0.1, -0.05) is 29.3 Å². The Bertz CT molecular complexity index is 960. The highest BCUT2D eigenvalue weighted by atomic mass is 35.5. The van der Waals surface area contributed by atoms with Crippen molar-refractivity contribution < 1.29 is 13.9 Å². The molecule has 3 rings (SSSR count). The van der Waals surface area contributed by atoms with E-state index in [2.05, 4.69) is 15.3 Å². The van der Waals surface area contributed by atoms with E-state index >= 15 is 0 Å². The largest absolute Gasteiger partial charge is 0.463 e. The van der Waals surface area contributed by atoms with Gasteiger partial charge in [0.15, 0.2) is 11.7 Å². The third-order valence-corrected chi connectivity index (χ3v) is 4.54.